The van der Waals surface area contributed by atoms with Gasteiger partial charge in [-0.15, -0.1) is 0 Å². The van der Waals surface area contributed by atoms with Crippen LogP contribution < -0.4 is 0 Å². The molecule has 0 aliphatic carbocycles. The van der Waals surface area contributed by atoms with Gasteiger partial charge < -0.3 is 44.7 Å². The quantitative estimate of drug-likeness (QED) is 0.112. The minimum Gasteiger partial charge on any atom is -0.395 e. The molecule has 0 radical (unpaired) electrons. The predicted molar refractivity (Wildman–Crippen MR) is 116 cm³/mol. The molecule has 0 aliphatic heterocycles. The number of hydrogen-bond acceptors (Lipinski definition) is 10. The van der Waals surface area contributed by atoms with Crippen LogP contribution in [0.25, 0.3) is 0 Å². The predicted octanol–water partition coefficient (Wildman–Crippen LogP) is 1.53. The summed E-state index contributed by atoms with van der Waals surface area (Å²) in [5, 5.41) is 39.8. The van der Waals surface area contributed by atoms with E-state index in [1.165, 1.54) is 19.3 Å². The summed E-state index contributed by atoms with van der Waals surface area (Å²) >= 11 is 0. The van der Waals surface area contributed by atoms with Gasteiger partial charge in [0.15, 0.2) is 0 Å². The van der Waals surface area contributed by atoms with Gasteiger partial charge in [-0.25, -0.2) is 4.31 Å². The number of aliphatic hydroxyl groups is 4. The second kappa shape index (κ2) is 19.0. The molecule has 0 aliphatic rings. The van der Waals surface area contributed by atoms with Crippen LogP contribution in [0.2, 0.25) is 0 Å². The Morgan fingerprint density at radius 3 is 1.60 bits per heavy atom. The smallest absolute Gasteiger partial charge is 0.334 e. The topological polar surface area (TPSA) is 180 Å². The Kier molecular flexibility index (Phi) is 20.6. The molecular weight excluding hydrogens is 438 g/mol. The summed E-state index contributed by atoms with van der Waals surface area (Å²) in [5.41, 5.74) is -2.61. The molecule has 0 spiro atoms. The van der Waals surface area contributed by atoms with Gasteiger partial charge in [0.2, 0.25) is 0 Å². The standard InChI is InChI=1S/C18H38O5.H4O5P2/c1-16(2)9-7-5-4-6-8-10-18(22,11-12-23-3)17(13-19,14-20)15-21;1-6(2)5-7(3)4/h16,19-22H,4-15H2,1-3H3;1-4H. The number of hydrogen-bond donors (Lipinski definition) is 8. The first-order valence-corrected chi connectivity index (χ1v) is 12.4. The van der Waals surface area contributed by atoms with Gasteiger partial charge in [-0.3, -0.25) is 0 Å². The maximum Gasteiger partial charge on any atom is 0.334 e. The molecule has 0 rings (SSSR count). The third-order valence-electron chi connectivity index (χ3n) is 5.13. The van der Waals surface area contributed by atoms with Crippen LogP contribution in [0, 0.1) is 11.3 Å². The lowest BCUT2D eigenvalue weighted by atomic mass is 9.69. The van der Waals surface area contributed by atoms with Crippen molar-refractivity contribution in [3.8, 4) is 0 Å². The van der Waals surface area contributed by atoms with Crippen molar-refractivity contribution in [3.63, 3.8) is 0 Å². The van der Waals surface area contributed by atoms with Gasteiger partial charge in [-0.1, -0.05) is 52.4 Å². The molecule has 184 valence electrons. The first-order chi connectivity index (χ1) is 14.0. The maximum absolute atomic E-state index is 11.0. The van der Waals surface area contributed by atoms with Crippen LogP contribution >= 0.6 is 17.2 Å². The van der Waals surface area contributed by atoms with E-state index in [1.54, 1.807) is 7.11 Å². The zero-order valence-corrected chi connectivity index (χ0v) is 20.1. The van der Waals surface area contributed by atoms with Gasteiger partial charge >= 0.3 is 17.2 Å². The lowest BCUT2D eigenvalue weighted by Gasteiger charge is -2.44. The van der Waals surface area contributed by atoms with Gasteiger partial charge in [-0.05, 0) is 12.3 Å². The molecular formula is C18H42O10P2. The monoisotopic (exact) mass is 480 g/mol. The zero-order valence-electron chi connectivity index (χ0n) is 18.4. The summed E-state index contributed by atoms with van der Waals surface area (Å²) in [7, 11) is -3.67. The van der Waals surface area contributed by atoms with Crippen LogP contribution in [-0.2, 0) is 9.05 Å². The first kappa shape index (κ1) is 32.6. The third-order valence-corrected chi connectivity index (χ3v) is 6.30. The number of rotatable bonds is 17. The maximum atomic E-state index is 11.0. The summed E-state index contributed by atoms with van der Waals surface area (Å²) in [5.74, 6) is 0.744. The SMILES string of the molecule is COCCC(O)(CCCCCCCC(C)C)C(CO)(CO)CO.OP(O)OP(O)O. The van der Waals surface area contributed by atoms with Gasteiger partial charge in [0.05, 0.1) is 30.8 Å². The molecule has 0 aromatic heterocycles. The van der Waals surface area contributed by atoms with Crippen molar-refractivity contribution in [3.05, 3.63) is 0 Å². The Labute approximate surface area is 182 Å². The largest absolute Gasteiger partial charge is 0.395 e. The van der Waals surface area contributed by atoms with Crippen molar-refractivity contribution in [2.75, 3.05) is 33.5 Å². The Bertz CT molecular complexity index is 370. The van der Waals surface area contributed by atoms with E-state index in [2.05, 4.69) is 18.2 Å². The molecule has 12 heteroatoms. The highest BCUT2D eigenvalue weighted by Crippen LogP contribution is 2.41. The fourth-order valence-corrected chi connectivity index (χ4v) is 3.61. The average molecular weight is 480 g/mol. The fraction of sp³-hybridized carbons (Fsp3) is 1.00. The molecule has 0 aromatic carbocycles. The molecule has 0 aromatic rings. The molecule has 0 heterocycles. The highest BCUT2D eigenvalue weighted by Gasteiger charge is 2.48. The second-order valence-corrected chi connectivity index (χ2v) is 9.48. The van der Waals surface area contributed by atoms with Crippen molar-refractivity contribution in [1.29, 1.82) is 0 Å². The van der Waals surface area contributed by atoms with E-state index in [-0.39, 0.29) is 0 Å². The molecule has 30 heavy (non-hydrogen) atoms. The lowest BCUT2D eigenvalue weighted by molar-refractivity contribution is -0.166. The normalized spacial score (nSPS) is 14.2. The minimum atomic E-state index is -2.61. The zero-order chi connectivity index (χ0) is 23.6. The molecule has 0 fully saturated rings. The van der Waals surface area contributed by atoms with E-state index in [9.17, 15) is 20.4 Å². The van der Waals surface area contributed by atoms with Crippen molar-refractivity contribution in [2.24, 2.45) is 11.3 Å². The van der Waals surface area contributed by atoms with Gasteiger partial charge in [0, 0.05) is 20.1 Å². The van der Waals surface area contributed by atoms with Crippen LogP contribution in [0.4, 0.5) is 0 Å². The molecule has 0 saturated heterocycles. The van der Waals surface area contributed by atoms with Crippen LogP contribution in [0.5, 0.6) is 0 Å². The van der Waals surface area contributed by atoms with E-state index < -0.39 is 48.0 Å². The van der Waals surface area contributed by atoms with Crippen LogP contribution in [0.3, 0.4) is 0 Å². The van der Waals surface area contributed by atoms with Crippen LogP contribution in [0.15, 0.2) is 0 Å². The van der Waals surface area contributed by atoms with Crippen molar-refractivity contribution >= 4 is 17.2 Å². The molecule has 1 unspecified atom stereocenters. The Morgan fingerprint density at radius 1 is 0.767 bits per heavy atom. The molecule has 10 nitrogen and oxygen atoms in total. The van der Waals surface area contributed by atoms with Gasteiger partial charge in [0.1, 0.15) is 0 Å². The fourth-order valence-electron chi connectivity index (χ4n) is 3.08. The summed E-state index contributed by atoms with van der Waals surface area (Å²) < 4.78 is 8.64. The molecule has 1 atom stereocenters. The Balaban J connectivity index is 0. The van der Waals surface area contributed by atoms with E-state index in [1.807, 2.05) is 0 Å². The molecule has 0 bridgehead atoms. The molecule has 0 amide bonds. The lowest BCUT2D eigenvalue weighted by Crippen LogP contribution is -2.56. The van der Waals surface area contributed by atoms with Crippen LogP contribution in [0.1, 0.15) is 65.2 Å². The average Bonchev–Trinajstić information content (AvgIpc) is 2.66. The van der Waals surface area contributed by atoms with Crippen molar-refractivity contribution in [2.45, 2.75) is 70.8 Å². The van der Waals surface area contributed by atoms with E-state index >= 15 is 0 Å². The van der Waals surface area contributed by atoms with E-state index in [0.29, 0.717) is 19.4 Å². The second-order valence-electron chi connectivity index (χ2n) is 7.82. The first-order valence-electron chi connectivity index (χ1n) is 10.1. The highest BCUT2D eigenvalue weighted by atomic mass is 31.2. The summed E-state index contributed by atoms with van der Waals surface area (Å²) in [4.78, 5) is 31.3. The number of ether oxygens (including phenoxy) is 1. The van der Waals surface area contributed by atoms with Crippen LogP contribution in [-0.4, -0.2) is 79.1 Å². The third kappa shape index (κ3) is 14.5. The number of methoxy groups -OCH3 is 1. The number of unbranched alkanes of at least 4 members (excludes halogenated alkanes) is 4. The minimum absolute atomic E-state index is 0.290. The van der Waals surface area contributed by atoms with E-state index in [4.69, 9.17) is 24.3 Å². The number of aliphatic hydroxyl groups excluding tert-OH is 3. The Morgan fingerprint density at radius 2 is 1.23 bits per heavy atom. The Hall–Kier alpha value is 0.460. The summed E-state index contributed by atoms with van der Waals surface area (Å²) in [6, 6.07) is 0. The van der Waals surface area contributed by atoms with Gasteiger partial charge in [0.25, 0.3) is 0 Å². The highest BCUT2D eigenvalue weighted by molar-refractivity contribution is 7.53. The van der Waals surface area contributed by atoms with Crippen molar-refractivity contribution in [1.82, 2.24) is 0 Å². The van der Waals surface area contributed by atoms with E-state index in [0.717, 1.165) is 25.2 Å². The molecule has 0 saturated carbocycles. The summed E-state index contributed by atoms with van der Waals surface area (Å²) in [6.45, 7) is 3.44. The summed E-state index contributed by atoms with van der Waals surface area (Å²) in [6.07, 6.45) is 7.35. The van der Waals surface area contributed by atoms with Crippen molar-refractivity contribution < 1.29 is 49.0 Å². The molecule has 8 N–H and O–H groups in total. The van der Waals surface area contributed by atoms with Gasteiger partial charge in [-0.2, -0.15) is 0 Å².